The van der Waals surface area contributed by atoms with Crippen molar-refractivity contribution in [2.75, 3.05) is 27.3 Å². The highest BCUT2D eigenvalue weighted by molar-refractivity contribution is 5.79. The Morgan fingerprint density at radius 3 is 2.50 bits per heavy atom. The molecule has 2 rings (SSSR count). The van der Waals surface area contributed by atoms with Gasteiger partial charge in [-0.05, 0) is 51.1 Å². The maximum absolute atomic E-state index is 5.43. The van der Waals surface area contributed by atoms with E-state index in [-0.39, 0.29) is 5.60 Å². The van der Waals surface area contributed by atoms with Gasteiger partial charge >= 0.3 is 0 Å². The van der Waals surface area contributed by atoms with E-state index in [1.54, 1.807) is 14.2 Å². The first-order chi connectivity index (χ1) is 12.5. The van der Waals surface area contributed by atoms with Gasteiger partial charge in [0.05, 0.1) is 30.6 Å². The summed E-state index contributed by atoms with van der Waals surface area (Å²) in [5.41, 5.74) is 1.61. The molecule has 7 heteroatoms. The summed E-state index contributed by atoms with van der Waals surface area (Å²) in [7, 11) is 3.36. The molecule has 0 aliphatic heterocycles. The van der Waals surface area contributed by atoms with Gasteiger partial charge in [0.1, 0.15) is 5.75 Å². The lowest BCUT2D eigenvalue weighted by molar-refractivity contribution is 0.0268. The van der Waals surface area contributed by atoms with Gasteiger partial charge in [0.25, 0.3) is 0 Å². The molecule has 0 spiro atoms. The van der Waals surface area contributed by atoms with Crippen LogP contribution in [0.3, 0.4) is 0 Å². The maximum atomic E-state index is 5.43. The van der Waals surface area contributed by atoms with E-state index in [9.17, 15) is 0 Å². The molecule has 2 aromatic rings. The Morgan fingerprint density at radius 2 is 1.88 bits per heavy atom. The minimum atomic E-state index is -0.258. The van der Waals surface area contributed by atoms with Crippen LogP contribution in [0.5, 0.6) is 5.75 Å². The Bertz CT molecular complexity index is 707. The van der Waals surface area contributed by atoms with Crippen LogP contribution in [0, 0.1) is 0 Å². The summed E-state index contributed by atoms with van der Waals surface area (Å²) in [5.74, 6) is 1.57. The summed E-state index contributed by atoms with van der Waals surface area (Å²) in [6, 6.07) is 9.74. The van der Waals surface area contributed by atoms with Gasteiger partial charge in [0.2, 0.25) is 0 Å². The highest BCUT2D eigenvalue weighted by Crippen LogP contribution is 2.14. The number of nitrogens with one attached hydrogen (secondary N) is 2. The number of hydrogen-bond donors (Lipinski definition) is 2. The molecule has 0 radical (unpaired) electrons. The van der Waals surface area contributed by atoms with Gasteiger partial charge in [-0.3, -0.25) is 0 Å². The van der Waals surface area contributed by atoms with Crippen LogP contribution in [0.15, 0.2) is 41.5 Å². The second-order valence-electron chi connectivity index (χ2n) is 6.46. The number of methoxy groups -OCH3 is 2. The third-order valence-corrected chi connectivity index (χ3v) is 3.96. The van der Waals surface area contributed by atoms with Crippen molar-refractivity contribution in [1.29, 1.82) is 0 Å². The van der Waals surface area contributed by atoms with Gasteiger partial charge < -0.3 is 20.1 Å². The van der Waals surface area contributed by atoms with Gasteiger partial charge in [-0.15, -0.1) is 0 Å². The van der Waals surface area contributed by atoms with Crippen LogP contribution in [0.2, 0.25) is 0 Å². The number of nitrogens with zero attached hydrogens (tertiary/aromatic N) is 3. The molecule has 0 aliphatic rings. The van der Waals surface area contributed by atoms with Crippen LogP contribution in [0.25, 0.3) is 5.69 Å². The zero-order valence-electron chi connectivity index (χ0n) is 16.2. The van der Waals surface area contributed by atoms with Crippen molar-refractivity contribution >= 4 is 5.96 Å². The van der Waals surface area contributed by atoms with Gasteiger partial charge in [0, 0.05) is 26.4 Å². The number of ether oxygens (including phenoxy) is 2. The zero-order valence-corrected chi connectivity index (χ0v) is 16.2. The Morgan fingerprint density at radius 1 is 1.15 bits per heavy atom. The zero-order chi connectivity index (χ0) is 19.0. The Balaban J connectivity index is 2.01. The monoisotopic (exact) mass is 359 g/mol. The van der Waals surface area contributed by atoms with Crippen LogP contribution in [-0.2, 0) is 11.3 Å². The summed E-state index contributed by atoms with van der Waals surface area (Å²) >= 11 is 0. The highest BCUT2D eigenvalue weighted by Gasteiger charge is 2.16. The van der Waals surface area contributed by atoms with Gasteiger partial charge in [0.15, 0.2) is 5.96 Å². The molecular formula is C19H29N5O2. The van der Waals surface area contributed by atoms with E-state index in [2.05, 4.69) is 20.7 Å². The van der Waals surface area contributed by atoms with Crippen molar-refractivity contribution in [3.05, 3.63) is 42.2 Å². The fourth-order valence-electron chi connectivity index (χ4n) is 2.20. The molecule has 7 nitrogen and oxygen atoms in total. The standard InChI is InChI=1S/C19H29N5O2/c1-6-20-18(22-14-19(2,3)26-5)21-13-15-11-12-24(23-15)16-7-9-17(25-4)10-8-16/h7-12H,6,13-14H2,1-5H3,(H2,20,21,22). The predicted octanol–water partition coefficient (Wildman–Crippen LogP) is 2.36. The Hall–Kier alpha value is -2.54. The second kappa shape index (κ2) is 9.24. The minimum absolute atomic E-state index is 0.258. The Labute approximate surface area is 155 Å². The molecule has 0 saturated carbocycles. The van der Waals surface area contributed by atoms with Crippen LogP contribution >= 0.6 is 0 Å². The molecule has 0 bridgehead atoms. The van der Waals surface area contributed by atoms with Crippen molar-refractivity contribution in [2.24, 2.45) is 4.99 Å². The Kier molecular flexibility index (Phi) is 7.03. The average Bonchev–Trinajstić information content (AvgIpc) is 3.13. The lowest BCUT2D eigenvalue weighted by Crippen LogP contribution is -2.45. The van der Waals surface area contributed by atoms with E-state index in [4.69, 9.17) is 9.47 Å². The molecule has 0 atom stereocenters. The van der Waals surface area contributed by atoms with Crippen LogP contribution < -0.4 is 15.4 Å². The smallest absolute Gasteiger partial charge is 0.191 e. The molecule has 1 aromatic heterocycles. The number of guanidine groups is 1. The van der Waals surface area contributed by atoms with E-state index < -0.39 is 0 Å². The van der Waals surface area contributed by atoms with Gasteiger partial charge in [-0.1, -0.05) is 0 Å². The summed E-state index contributed by atoms with van der Waals surface area (Å²) in [6.07, 6.45) is 1.93. The summed E-state index contributed by atoms with van der Waals surface area (Å²) in [6.45, 7) is 8.04. The van der Waals surface area contributed by atoms with Crippen molar-refractivity contribution in [2.45, 2.75) is 32.9 Å². The molecule has 0 fully saturated rings. The summed E-state index contributed by atoms with van der Waals surface area (Å²) in [4.78, 5) is 4.60. The van der Waals surface area contributed by atoms with Crippen LogP contribution in [0.1, 0.15) is 26.5 Å². The molecule has 0 aliphatic carbocycles. The quantitative estimate of drug-likeness (QED) is 0.559. The largest absolute Gasteiger partial charge is 0.497 e. The molecule has 0 amide bonds. The third kappa shape index (κ3) is 5.77. The number of aromatic nitrogens is 2. The molecule has 0 unspecified atom stereocenters. The molecule has 2 N–H and O–H groups in total. The van der Waals surface area contributed by atoms with E-state index in [0.717, 1.165) is 29.6 Å². The highest BCUT2D eigenvalue weighted by atomic mass is 16.5. The fraction of sp³-hybridized carbons (Fsp3) is 0.474. The molecular weight excluding hydrogens is 330 g/mol. The number of aliphatic imine (C=N–C) groups is 1. The molecule has 26 heavy (non-hydrogen) atoms. The number of rotatable bonds is 8. The molecule has 142 valence electrons. The lowest BCUT2D eigenvalue weighted by Gasteiger charge is -2.24. The van der Waals surface area contributed by atoms with Crippen molar-refractivity contribution in [3.8, 4) is 11.4 Å². The van der Waals surface area contributed by atoms with E-state index in [0.29, 0.717) is 13.1 Å². The molecule has 1 aromatic carbocycles. The molecule has 1 heterocycles. The van der Waals surface area contributed by atoms with Crippen molar-refractivity contribution < 1.29 is 9.47 Å². The summed E-state index contributed by atoms with van der Waals surface area (Å²) in [5, 5.41) is 11.1. The van der Waals surface area contributed by atoms with E-state index in [1.807, 2.05) is 62.0 Å². The third-order valence-electron chi connectivity index (χ3n) is 3.96. The fourth-order valence-corrected chi connectivity index (χ4v) is 2.20. The first-order valence-electron chi connectivity index (χ1n) is 8.73. The van der Waals surface area contributed by atoms with Crippen molar-refractivity contribution in [1.82, 2.24) is 20.4 Å². The summed E-state index contributed by atoms with van der Waals surface area (Å²) < 4.78 is 12.4. The average molecular weight is 359 g/mol. The van der Waals surface area contributed by atoms with E-state index >= 15 is 0 Å². The second-order valence-corrected chi connectivity index (χ2v) is 6.46. The van der Waals surface area contributed by atoms with E-state index in [1.165, 1.54) is 0 Å². The maximum Gasteiger partial charge on any atom is 0.191 e. The lowest BCUT2D eigenvalue weighted by atomic mass is 10.1. The molecule has 0 saturated heterocycles. The first-order valence-corrected chi connectivity index (χ1v) is 8.73. The SMILES string of the molecule is CCNC(=NCc1ccn(-c2ccc(OC)cc2)n1)NCC(C)(C)OC. The van der Waals surface area contributed by atoms with Gasteiger partial charge in [-0.25, -0.2) is 9.67 Å². The predicted molar refractivity (Wildman–Crippen MR) is 104 cm³/mol. The van der Waals surface area contributed by atoms with Crippen molar-refractivity contribution in [3.63, 3.8) is 0 Å². The normalized spacial score (nSPS) is 12.1. The number of benzene rings is 1. The number of hydrogen-bond acceptors (Lipinski definition) is 4. The van der Waals surface area contributed by atoms with Crippen LogP contribution in [-0.4, -0.2) is 48.7 Å². The first kappa shape index (κ1) is 19.8. The van der Waals surface area contributed by atoms with Gasteiger partial charge in [-0.2, -0.15) is 5.10 Å². The topological polar surface area (TPSA) is 72.7 Å². The minimum Gasteiger partial charge on any atom is -0.497 e. The van der Waals surface area contributed by atoms with Crippen LogP contribution in [0.4, 0.5) is 0 Å².